The monoisotopic (exact) mass is 249 g/mol. The van der Waals surface area contributed by atoms with E-state index in [-0.39, 0.29) is 11.9 Å². The number of aromatic nitrogens is 2. The minimum Gasteiger partial charge on any atom is -0.324 e. The molecule has 3 nitrogen and oxygen atoms in total. The van der Waals surface area contributed by atoms with E-state index in [0.29, 0.717) is 10.7 Å². The third-order valence-electron chi connectivity index (χ3n) is 2.21. The average Bonchev–Trinajstić information content (AvgIpc) is 2.30. The van der Waals surface area contributed by atoms with Gasteiger partial charge in [-0.3, -0.25) is 0 Å². The Labute approximate surface area is 103 Å². The average molecular weight is 249 g/mol. The molecule has 17 heavy (non-hydrogen) atoms. The van der Waals surface area contributed by atoms with E-state index in [1.165, 1.54) is 17.8 Å². The fourth-order valence-electron chi connectivity index (χ4n) is 1.48. The van der Waals surface area contributed by atoms with Gasteiger partial charge in [0.25, 0.3) is 0 Å². The molecule has 1 aromatic heterocycles. The number of hydrogen-bond donors (Lipinski definition) is 1. The van der Waals surface area contributed by atoms with Gasteiger partial charge in [0.05, 0.1) is 0 Å². The van der Waals surface area contributed by atoms with Crippen molar-refractivity contribution in [3.63, 3.8) is 0 Å². The van der Waals surface area contributed by atoms with Crippen LogP contribution in [-0.2, 0) is 0 Å². The Morgan fingerprint density at radius 3 is 2.59 bits per heavy atom. The van der Waals surface area contributed by atoms with E-state index in [9.17, 15) is 4.39 Å². The summed E-state index contributed by atoms with van der Waals surface area (Å²) in [5.74, 6) is -0.291. The van der Waals surface area contributed by atoms with Gasteiger partial charge in [-0.15, -0.1) is 0 Å². The summed E-state index contributed by atoms with van der Waals surface area (Å²) in [6.07, 6.45) is 3.31. The first-order valence-electron chi connectivity index (χ1n) is 5.17. The van der Waals surface area contributed by atoms with Gasteiger partial charge in [0, 0.05) is 28.9 Å². The minimum atomic E-state index is -0.359. The van der Waals surface area contributed by atoms with E-state index in [0.717, 1.165) is 4.90 Å². The van der Waals surface area contributed by atoms with Crippen LogP contribution in [0.15, 0.2) is 46.7 Å². The molecule has 0 radical (unpaired) electrons. The maximum Gasteiger partial charge on any atom is 0.192 e. The summed E-state index contributed by atoms with van der Waals surface area (Å²) in [6.45, 7) is 1.76. The molecule has 0 amide bonds. The molecule has 0 aliphatic carbocycles. The molecular weight excluding hydrogens is 237 g/mol. The molecular formula is C12H12FN3S. The van der Waals surface area contributed by atoms with E-state index in [1.807, 2.05) is 6.07 Å². The van der Waals surface area contributed by atoms with E-state index < -0.39 is 0 Å². The summed E-state index contributed by atoms with van der Waals surface area (Å²) >= 11 is 1.31. The van der Waals surface area contributed by atoms with Gasteiger partial charge in [0.1, 0.15) is 5.82 Å². The van der Waals surface area contributed by atoms with Crippen LogP contribution in [0.2, 0.25) is 0 Å². The zero-order valence-corrected chi connectivity index (χ0v) is 10.1. The molecule has 0 bridgehead atoms. The van der Waals surface area contributed by atoms with Crippen molar-refractivity contribution in [2.24, 2.45) is 5.73 Å². The van der Waals surface area contributed by atoms with Crippen LogP contribution >= 0.6 is 11.8 Å². The first kappa shape index (κ1) is 12.0. The molecule has 1 atom stereocenters. The van der Waals surface area contributed by atoms with Crippen molar-refractivity contribution in [2.75, 3.05) is 0 Å². The first-order chi connectivity index (χ1) is 8.18. The molecule has 1 aromatic carbocycles. The Balaban J connectivity index is 2.36. The predicted octanol–water partition coefficient (Wildman–Crippen LogP) is 2.79. The molecule has 1 heterocycles. The molecule has 0 saturated heterocycles. The SMILES string of the molecule is CC(N)c1c(F)cccc1Sc1ncccn1. The highest BCUT2D eigenvalue weighted by Crippen LogP contribution is 2.31. The van der Waals surface area contributed by atoms with Crippen LogP contribution in [0.1, 0.15) is 18.5 Å². The summed E-state index contributed by atoms with van der Waals surface area (Å²) in [5.41, 5.74) is 6.28. The van der Waals surface area contributed by atoms with Crippen LogP contribution in [0.25, 0.3) is 0 Å². The minimum absolute atomic E-state index is 0.291. The second kappa shape index (κ2) is 5.25. The fourth-order valence-corrected chi connectivity index (χ4v) is 2.45. The number of hydrogen-bond acceptors (Lipinski definition) is 4. The van der Waals surface area contributed by atoms with Crippen molar-refractivity contribution in [2.45, 2.75) is 23.0 Å². The van der Waals surface area contributed by atoms with Gasteiger partial charge in [-0.1, -0.05) is 6.07 Å². The number of halogens is 1. The Morgan fingerprint density at radius 2 is 1.94 bits per heavy atom. The van der Waals surface area contributed by atoms with E-state index in [2.05, 4.69) is 9.97 Å². The van der Waals surface area contributed by atoms with Crippen molar-refractivity contribution in [3.05, 3.63) is 48.0 Å². The van der Waals surface area contributed by atoms with Gasteiger partial charge in [-0.05, 0) is 36.9 Å². The quantitative estimate of drug-likeness (QED) is 0.850. The van der Waals surface area contributed by atoms with Crippen LogP contribution in [0.3, 0.4) is 0 Å². The van der Waals surface area contributed by atoms with Gasteiger partial charge in [0.15, 0.2) is 5.16 Å². The fraction of sp³-hybridized carbons (Fsp3) is 0.167. The molecule has 0 aliphatic heterocycles. The second-order valence-corrected chi connectivity index (χ2v) is 4.58. The zero-order chi connectivity index (χ0) is 12.3. The Bertz CT molecular complexity index is 502. The maximum atomic E-state index is 13.7. The molecule has 1 unspecified atom stereocenters. The third-order valence-corrected chi connectivity index (χ3v) is 3.18. The predicted molar refractivity (Wildman–Crippen MR) is 65.2 cm³/mol. The first-order valence-corrected chi connectivity index (χ1v) is 5.99. The summed E-state index contributed by atoms with van der Waals surface area (Å²) in [5, 5.41) is 0.583. The van der Waals surface area contributed by atoms with Crippen LogP contribution in [-0.4, -0.2) is 9.97 Å². The smallest absolute Gasteiger partial charge is 0.192 e. The third kappa shape index (κ3) is 2.81. The Hall–Kier alpha value is -1.46. The van der Waals surface area contributed by atoms with Crippen molar-refractivity contribution in [1.82, 2.24) is 9.97 Å². The molecule has 0 fully saturated rings. The van der Waals surface area contributed by atoms with E-state index >= 15 is 0 Å². The summed E-state index contributed by atoms with van der Waals surface area (Å²) in [7, 11) is 0. The van der Waals surface area contributed by atoms with Gasteiger partial charge in [-0.2, -0.15) is 0 Å². The molecule has 5 heteroatoms. The lowest BCUT2D eigenvalue weighted by atomic mass is 10.1. The summed E-state index contributed by atoms with van der Waals surface area (Å²) in [6, 6.07) is 6.27. The molecule has 0 spiro atoms. The van der Waals surface area contributed by atoms with Crippen LogP contribution in [0.4, 0.5) is 4.39 Å². The lowest BCUT2D eigenvalue weighted by Crippen LogP contribution is -2.09. The zero-order valence-electron chi connectivity index (χ0n) is 9.30. The molecule has 2 aromatic rings. The molecule has 0 aliphatic rings. The van der Waals surface area contributed by atoms with Crippen molar-refractivity contribution in [1.29, 1.82) is 0 Å². The molecule has 88 valence electrons. The van der Waals surface area contributed by atoms with Crippen LogP contribution in [0, 0.1) is 5.82 Å². The van der Waals surface area contributed by atoms with Crippen molar-refractivity contribution >= 4 is 11.8 Å². The topological polar surface area (TPSA) is 51.8 Å². The van der Waals surface area contributed by atoms with Gasteiger partial charge in [0.2, 0.25) is 0 Å². The highest BCUT2D eigenvalue weighted by molar-refractivity contribution is 7.99. The van der Waals surface area contributed by atoms with Gasteiger partial charge >= 0.3 is 0 Å². The van der Waals surface area contributed by atoms with Crippen LogP contribution in [0.5, 0.6) is 0 Å². The highest BCUT2D eigenvalue weighted by atomic mass is 32.2. The van der Waals surface area contributed by atoms with Crippen LogP contribution < -0.4 is 5.73 Å². The second-order valence-electron chi connectivity index (χ2n) is 3.57. The lowest BCUT2D eigenvalue weighted by molar-refractivity contribution is 0.585. The Morgan fingerprint density at radius 1 is 1.24 bits per heavy atom. The maximum absolute atomic E-state index is 13.7. The number of benzene rings is 1. The summed E-state index contributed by atoms with van der Waals surface area (Å²) < 4.78 is 13.7. The van der Waals surface area contributed by atoms with Crippen molar-refractivity contribution < 1.29 is 4.39 Å². The molecule has 0 saturated carbocycles. The summed E-state index contributed by atoms with van der Waals surface area (Å²) in [4.78, 5) is 8.94. The normalized spacial score (nSPS) is 12.4. The van der Waals surface area contributed by atoms with Gasteiger partial charge in [-0.25, -0.2) is 14.4 Å². The highest BCUT2D eigenvalue weighted by Gasteiger charge is 2.13. The number of nitrogens with zero attached hydrogens (tertiary/aromatic N) is 2. The largest absolute Gasteiger partial charge is 0.324 e. The lowest BCUT2D eigenvalue weighted by Gasteiger charge is -2.12. The van der Waals surface area contributed by atoms with E-state index in [1.54, 1.807) is 31.5 Å². The molecule has 2 rings (SSSR count). The van der Waals surface area contributed by atoms with E-state index in [4.69, 9.17) is 5.73 Å². The number of nitrogens with two attached hydrogens (primary N) is 1. The molecule has 2 N–H and O–H groups in total. The van der Waals surface area contributed by atoms with Crippen molar-refractivity contribution in [3.8, 4) is 0 Å². The Kier molecular flexibility index (Phi) is 3.71. The number of rotatable bonds is 3. The standard InChI is InChI=1S/C12H12FN3S/c1-8(14)11-9(13)4-2-5-10(11)17-12-15-6-3-7-16-12/h2-8H,14H2,1H3. The van der Waals surface area contributed by atoms with Gasteiger partial charge < -0.3 is 5.73 Å².